The fourth-order valence-corrected chi connectivity index (χ4v) is 2.85. The smallest absolute Gasteiger partial charge is 0.252 e. The maximum Gasteiger partial charge on any atom is 0.252 e. The molecule has 0 aliphatic carbocycles. The van der Waals surface area contributed by atoms with Gasteiger partial charge in [0, 0.05) is 29.4 Å². The quantitative estimate of drug-likeness (QED) is 0.888. The number of nitrogens with one attached hydrogen (secondary N) is 2. The average molecular weight is 303 g/mol. The number of hydrogen-bond acceptors (Lipinski definition) is 4. The van der Waals surface area contributed by atoms with Crippen LogP contribution in [0.5, 0.6) is 0 Å². The first-order chi connectivity index (χ1) is 9.94. The predicted molar refractivity (Wildman–Crippen MR) is 87.9 cm³/mol. The molecule has 5 heteroatoms. The van der Waals surface area contributed by atoms with Crippen molar-refractivity contribution in [2.45, 2.75) is 33.2 Å². The molecule has 0 saturated heterocycles. The van der Waals surface area contributed by atoms with Crippen molar-refractivity contribution in [1.82, 2.24) is 10.3 Å². The highest BCUT2D eigenvalue weighted by atomic mass is 32.1. The Bertz CT molecular complexity index is 620. The highest BCUT2D eigenvalue weighted by molar-refractivity contribution is 7.09. The normalized spacial score (nSPS) is 11.2. The van der Waals surface area contributed by atoms with Gasteiger partial charge in [0.2, 0.25) is 0 Å². The molecular formula is C16H21N3OS. The van der Waals surface area contributed by atoms with Crippen LogP contribution in [0.25, 0.3) is 0 Å². The van der Waals surface area contributed by atoms with Gasteiger partial charge >= 0.3 is 0 Å². The Kier molecular flexibility index (Phi) is 4.63. The number of hydrogen-bond donors (Lipinski definition) is 2. The van der Waals surface area contributed by atoms with Crippen molar-refractivity contribution in [1.29, 1.82) is 0 Å². The Labute approximate surface area is 129 Å². The van der Waals surface area contributed by atoms with Crippen molar-refractivity contribution < 1.29 is 4.79 Å². The summed E-state index contributed by atoms with van der Waals surface area (Å²) in [6.45, 7) is 8.84. The minimum atomic E-state index is -0.473. The van der Waals surface area contributed by atoms with Crippen LogP contribution in [0.2, 0.25) is 0 Å². The molecule has 0 spiro atoms. The van der Waals surface area contributed by atoms with Crippen LogP contribution in [0.4, 0.5) is 5.69 Å². The molecule has 0 bridgehead atoms. The van der Waals surface area contributed by atoms with Gasteiger partial charge in [0.05, 0.1) is 5.54 Å². The van der Waals surface area contributed by atoms with Crippen LogP contribution >= 0.6 is 11.3 Å². The molecule has 2 N–H and O–H groups in total. The third kappa shape index (κ3) is 3.61. The summed E-state index contributed by atoms with van der Waals surface area (Å²) in [4.78, 5) is 16.7. The van der Waals surface area contributed by atoms with E-state index in [0.717, 1.165) is 22.8 Å². The first kappa shape index (κ1) is 15.5. The summed E-state index contributed by atoms with van der Waals surface area (Å²) < 4.78 is 0. The highest BCUT2D eigenvalue weighted by Crippen LogP contribution is 2.23. The molecule has 0 unspecified atom stereocenters. The first-order valence-corrected chi connectivity index (χ1v) is 7.89. The third-order valence-corrected chi connectivity index (χ3v) is 4.35. The Balaban J connectivity index is 2.15. The van der Waals surface area contributed by atoms with Crippen LogP contribution in [0.1, 0.15) is 41.7 Å². The molecule has 4 nitrogen and oxygen atoms in total. The molecule has 1 aromatic heterocycles. The molecule has 0 atom stereocenters. The van der Waals surface area contributed by atoms with Gasteiger partial charge in [0.15, 0.2) is 0 Å². The van der Waals surface area contributed by atoms with E-state index in [9.17, 15) is 4.79 Å². The van der Waals surface area contributed by atoms with Gasteiger partial charge < -0.3 is 10.6 Å². The molecule has 0 fully saturated rings. The van der Waals surface area contributed by atoms with Crippen LogP contribution in [0.15, 0.2) is 29.8 Å². The van der Waals surface area contributed by atoms with E-state index in [2.05, 4.69) is 22.5 Å². The standard InChI is InChI=1S/C16H21N3OS/c1-5-17-13-7-6-12(10-11(13)2)14(20)19-16(3,4)15-18-8-9-21-15/h6-10,17H,5H2,1-4H3,(H,19,20). The molecule has 1 heterocycles. The topological polar surface area (TPSA) is 54.0 Å². The van der Waals surface area contributed by atoms with Gasteiger partial charge in [0.25, 0.3) is 5.91 Å². The Hall–Kier alpha value is -1.88. The molecule has 1 amide bonds. The summed E-state index contributed by atoms with van der Waals surface area (Å²) in [5, 5.41) is 9.13. The third-order valence-electron chi connectivity index (χ3n) is 3.25. The largest absolute Gasteiger partial charge is 0.385 e. The molecule has 21 heavy (non-hydrogen) atoms. The summed E-state index contributed by atoms with van der Waals surface area (Å²) in [5.74, 6) is -0.0821. The van der Waals surface area contributed by atoms with Crippen LogP contribution in [0, 0.1) is 6.92 Å². The number of aromatic nitrogens is 1. The second-order valence-corrected chi connectivity index (χ2v) is 6.37. The van der Waals surface area contributed by atoms with Gasteiger partial charge in [-0.1, -0.05) is 0 Å². The Morgan fingerprint density at radius 2 is 2.14 bits per heavy atom. The maximum absolute atomic E-state index is 12.4. The van der Waals surface area contributed by atoms with Gasteiger partial charge in [-0.25, -0.2) is 4.98 Å². The van der Waals surface area contributed by atoms with E-state index >= 15 is 0 Å². The summed E-state index contributed by atoms with van der Waals surface area (Å²) in [6, 6.07) is 5.70. The van der Waals surface area contributed by atoms with E-state index in [-0.39, 0.29) is 5.91 Å². The predicted octanol–water partition coefficient (Wildman–Crippen LogP) is 3.55. The summed E-state index contributed by atoms with van der Waals surface area (Å²) in [6.07, 6.45) is 1.75. The van der Waals surface area contributed by atoms with Crippen LogP contribution < -0.4 is 10.6 Å². The monoisotopic (exact) mass is 303 g/mol. The minimum Gasteiger partial charge on any atom is -0.385 e. The van der Waals surface area contributed by atoms with E-state index in [1.54, 1.807) is 17.5 Å². The molecule has 0 saturated carbocycles. The average Bonchev–Trinajstić information content (AvgIpc) is 2.95. The van der Waals surface area contributed by atoms with Crippen LogP contribution in [-0.2, 0) is 5.54 Å². The Morgan fingerprint density at radius 1 is 1.38 bits per heavy atom. The van der Waals surface area contributed by atoms with E-state index in [0.29, 0.717) is 5.56 Å². The number of thiazole rings is 1. The molecular weight excluding hydrogens is 282 g/mol. The van der Waals surface area contributed by atoms with E-state index < -0.39 is 5.54 Å². The number of aryl methyl sites for hydroxylation is 1. The summed E-state index contributed by atoms with van der Waals surface area (Å²) in [5.41, 5.74) is 2.32. The van der Waals surface area contributed by atoms with Crippen LogP contribution in [0.3, 0.4) is 0 Å². The van der Waals surface area contributed by atoms with Crippen molar-refractivity contribution in [2.24, 2.45) is 0 Å². The fourth-order valence-electron chi connectivity index (χ4n) is 2.14. The lowest BCUT2D eigenvalue weighted by atomic mass is 10.0. The van der Waals surface area contributed by atoms with Crippen molar-refractivity contribution >= 4 is 22.9 Å². The molecule has 2 rings (SSSR count). The second-order valence-electron chi connectivity index (χ2n) is 5.48. The SMILES string of the molecule is CCNc1ccc(C(=O)NC(C)(C)c2nccs2)cc1C. The number of carbonyl (C=O) groups is 1. The molecule has 0 radical (unpaired) electrons. The first-order valence-electron chi connectivity index (χ1n) is 7.01. The van der Waals surface area contributed by atoms with E-state index in [1.807, 2.05) is 44.4 Å². The molecule has 0 aliphatic rings. The van der Waals surface area contributed by atoms with Crippen molar-refractivity contribution in [3.63, 3.8) is 0 Å². The summed E-state index contributed by atoms with van der Waals surface area (Å²) in [7, 11) is 0. The number of carbonyl (C=O) groups excluding carboxylic acids is 1. The highest BCUT2D eigenvalue weighted by Gasteiger charge is 2.26. The lowest BCUT2D eigenvalue weighted by Crippen LogP contribution is -2.40. The van der Waals surface area contributed by atoms with E-state index in [1.165, 1.54) is 0 Å². The number of anilines is 1. The molecule has 0 aliphatic heterocycles. The number of nitrogens with zero attached hydrogens (tertiary/aromatic N) is 1. The lowest BCUT2D eigenvalue weighted by Gasteiger charge is -2.24. The fraction of sp³-hybridized carbons (Fsp3) is 0.375. The number of rotatable bonds is 5. The van der Waals surface area contributed by atoms with Gasteiger partial charge in [0.1, 0.15) is 5.01 Å². The number of amides is 1. The number of benzene rings is 1. The zero-order chi connectivity index (χ0) is 15.5. The van der Waals surface area contributed by atoms with Gasteiger partial charge in [-0.3, -0.25) is 4.79 Å². The molecule has 1 aromatic carbocycles. The van der Waals surface area contributed by atoms with Gasteiger partial charge in [-0.2, -0.15) is 0 Å². The van der Waals surface area contributed by atoms with Crippen LogP contribution in [-0.4, -0.2) is 17.4 Å². The zero-order valence-corrected chi connectivity index (χ0v) is 13.7. The van der Waals surface area contributed by atoms with Gasteiger partial charge in [-0.15, -0.1) is 11.3 Å². The van der Waals surface area contributed by atoms with Gasteiger partial charge in [-0.05, 0) is 51.5 Å². The van der Waals surface area contributed by atoms with Crippen molar-refractivity contribution in [3.05, 3.63) is 45.9 Å². The second kappa shape index (κ2) is 6.26. The molecule has 112 valence electrons. The molecule has 2 aromatic rings. The van der Waals surface area contributed by atoms with Crippen molar-refractivity contribution in [3.8, 4) is 0 Å². The summed E-state index contributed by atoms with van der Waals surface area (Å²) >= 11 is 1.54. The van der Waals surface area contributed by atoms with Crippen molar-refractivity contribution in [2.75, 3.05) is 11.9 Å². The Morgan fingerprint density at radius 3 is 2.71 bits per heavy atom. The minimum absolute atomic E-state index is 0.0821. The zero-order valence-electron chi connectivity index (χ0n) is 12.9. The lowest BCUT2D eigenvalue weighted by molar-refractivity contribution is 0.0912. The van der Waals surface area contributed by atoms with E-state index in [4.69, 9.17) is 0 Å². The maximum atomic E-state index is 12.4.